The average molecular weight is 233 g/mol. The van der Waals surface area contributed by atoms with Gasteiger partial charge < -0.3 is 5.32 Å². The van der Waals surface area contributed by atoms with Gasteiger partial charge in [0.1, 0.15) is 0 Å². The van der Waals surface area contributed by atoms with Crippen molar-refractivity contribution in [3.63, 3.8) is 0 Å². The van der Waals surface area contributed by atoms with Crippen molar-refractivity contribution in [1.29, 1.82) is 0 Å². The van der Waals surface area contributed by atoms with Crippen molar-refractivity contribution in [1.82, 2.24) is 15.3 Å². The van der Waals surface area contributed by atoms with Crippen LogP contribution in [0.3, 0.4) is 0 Å². The molecule has 3 nitrogen and oxygen atoms in total. The molecule has 0 spiro atoms. The molecule has 0 atom stereocenters. The summed E-state index contributed by atoms with van der Waals surface area (Å²) >= 11 is 1.69. The molecule has 0 saturated carbocycles. The average Bonchev–Trinajstić information content (AvgIpc) is 2.67. The van der Waals surface area contributed by atoms with Crippen LogP contribution in [0.5, 0.6) is 0 Å². The van der Waals surface area contributed by atoms with Gasteiger partial charge in [0.05, 0.1) is 16.4 Å². The number of rotatable bonds is 4. The van der Waals surface area contributed by atoms with Gasteiger partial charge in [-0.3, -0.25) is 4.98 Å². The lowest BCUT2D eigenvalue weighted by atomic mass is 10.3. The molecule has 2 rings (SSSR count). The van der Waals surface area contributed by atoms with E-state index in [1.165, 1.54) is 5.56 Å². The molecule has 84 valence electrons. The van der Waals surface area contributed by atoms with Crippen LogP contribution in [0.25, 0.3) is 0 Å². The molecule has 0 aromatic carbocycles. The number of hydrogen-bond acceptors (Lipinski definition) is 4. The summed E-state index contributed by atoms with van der Waals surface area (Å²) in [6, 6.07) is 4.13. The van der Waals surface area contributed by atoms with Gasteiger partial charge in [-0.15, -0.1) is 11.3 Å². The van der Waals surface area contributed by atoms with E-state index in [2.05, 4.69) is 32.8 Å². The van der Waals surface area contributed by atoms with Crippen molar-refractivity contribution < 1.29 is 0 Å². The number of aromatic nitrogens is 2. The Morgan fingerprint density at radius 1 is 1.19 bits per heavy atom. The molecule has 0 saturated heterocycles. The summed E-state index contributed by atoms with van der Waals surface area (Å²) in [5, 5.41) is 6.54. The summed E-state index contributed by atoms with van der Waals surface area (Å²) in [6.45, 7) is 5.66. The molecule has 0 amide bonds. The van der Waals surface area contributed by atoms with Crippen molar-refractivity contribution in [2.24, 2.45) is 0 Å². The fourth-order valence-corrected chi connectivity index (χ4v) is 2.02. The maximum atomic E-state index is 4.39. The van der Waals surface area contributed by atoms with Gasteiger partial charge in [-0.2, -0.15) is 0 Å². The van der Waals surface area contributed by atoms with Crippen LogP contribution in [0.15, 0.2) is 23.7 Å². The van der Waals surface area contributed by atoms with Crippen LogP contribution in [0, 0.1) is 13.8 Å². The summed E-state index contributed by atoms with van der Waals surface area (Å²) in [7, 11) is 0. The third-order valence-corrected chi connectivity index (χ3v) is 3.07. The van der Waals surface area contributed by atoms with Crippen LogP contribution < -0.4 is 5.32 Å². The molecule has 1 N–H and O–H groups in total. The van der Waals surface area contributed by atoms with E-state index in [4.69, 9.17) is 0 Å². The van der Waals surface area contributed by atoms with E-state index in [1.807, 2.05) is 20.0 Å². The van der Waals surface area contributed by atoms with E-state index >= 15 is 0 Å². The maximum absolute atomic E-state index is 4.39. The first-order chi connectivity index (χ1) is 7.74. The molecule has 2 heterocycles. The number of nitrogens with zero attached hydrogens (tertiary/aromatic N) is 2. The van der Waals surface area contributed by atoms with E-state index in [0.717, 1.165) is 29.5 Å². The molecular weight excluding hydrogens is 218 g/mol. The summed E-state index contributed by atoms with van der Waals surface area (Å²) in [6.07, 6.45) is 1.89. The molecule has 2 aromatic heterocycles. The minimum atomic E-state index is 0.789. The lowest BCUT2D eigenvalue weighted by Gasteiger charge is -2.02. The first-order valence-corrected chi connectivity index (χ1v) is 6.15. The minimum Gasteiger partial charge on any atom is -0.305 e. The molecule has 0 aliphatic heterocycles. The Hall–Kier alpha value is -1.26. The second-order valence-electron chi connectivity index (χ2n) is 3.79. The van der Waals surface area contributed by atoms with E-state index in [1.54, 1.807) is 11.3 Å². The topological polar surface area (TPSA) is 37.8 Å². The summed E-state index contributed by atoms with van der Waals surface area (Å²) in [5.74, 6) is 0. The number of hydrogen-bond donors (Lipinski definition) is 1. The summed E-state index contributed by atoms with van der Waals surface area (Å²) in [4.78, 5) is 8.73. The van der Waals surface area contributed by atoms with Crippen LogP contribution in [0.4, 0.5) is 0 Å². The summed E-state index contributed by atoms with van der Waals surface area (Å²) in [5.41, 5.74) is 3.37. The largest absolute Gasteiger partial charge is 0.305 e. The maximum Gasteiger partial charge on any atom is 0.0897 e. The Bertz CT molecular complexity index is 448. The zero-order chi connectivity index (χ0) is 11.4. The van der Waals surface area contributed by atoms with E-state index < -0.39 is 0 Å². The molecule has 0 aliphatic rings. The van der Waals surface area contributed by atoms with Crippen molar-refractivity contribution in [2.75, 3.05) is 0 Å². The highest BCUT2D eigenvalue weighted by Crippen LogP contribution is 2.07. The normalized spacial score (nSPS) is 10.6. The number of pyridine rings is 1. The minimum absolute atomic E-state index is 0.789. The van der Waals surface area contributed by atoms with Crippen molar-refractivity contribution in [3.05, 3.63) is 45.7 Å². The predicted molar refractivity (Wildman–Crippen MR) is 66.4 cm³/mol. The van der Waals surface area contributed by atoms with E-state index in [-0.39, 0.29) is 0 Å². The first kappa shape index (κ1) is 11.2. The number of thiazole rings is 1. The van der Waals surface area contributed by atoms with Crippen LogP contribution in [0.2, 0.25) is 0 Å². The zero-order valence-corrected chi connectivity index (χ0v) is 10.3. The standard InChI is InChI=1S/C12H15N3S/c1-9-3-4-11(14-5-9)6-13-7-12-8-16-10(2)15-12/h3-5,8,13H,6-7H2,1-2H3. The molecule has 0 radical (unpaired) electrons. The van der Waals surface area contributed by atoms with E-state index in [0.29, 0.717) is 0 Å². The molecule has 0 unspecified atom stereocenters. The predicted octanol–water partition coefficient (Wildman–Crippen LogP) is 2.44. The second kappa shape index (κ2) is 5.18. The molecule has 0 aliphatic carbocycles. The molecule has 0 fully saturated rings. The Morgan fingerprint density at radius 3 is 2.62 bits per heavy atom. The van der Waals surface area contributed by atoms with Gasteiger partial charge in [0, 0.05) is 24.7 Å². The van der Waals surface area contributed by atoms with Gasteiger partial charge >= 0.3 is 0 Å². The van der Waals surface area contributed by atoms with Crippen molar-refractivity contribution in [3.8, 4) is 0 Å². The molecule has 4 heteroatoms. The smallest absolute Gasteiger partial charge is 0.0897 e. The third-order valence-electron chi connectivity index (χ3n) is 2.25. The van der Waals surface area contributed by atoms with Gasteiger partial charge in [-0.1, -0.05) is 6.07 Å². The first-order valence-electron chi connectivity index (χ1n) is 5.27. The van der Waals surface area contributed by atoms with Gasteiger partial charge in [-0.25, -0.2) is 4.98 Å². The third kappa shape index (κ3) is 3.12. The van der Waals surface area contributed by atoms with Gasteiger partial charge in [0.25, 0.3) is 0 Å². The SMILES string of the molecule is Cc1ccc(CNCc2csc(C)n2)nc1. The fraction of sp³-hybridized carbons (Fsp3) is 0.333. The highest BCUT2D eigenvalue weighted by molar-refractivity contribution is 7.09. The Balaban J connectivity index is 1.82. The Labute approximate surface area is 99.6 Å². The molecule has 2 aromatic rings. The van der Waals surface area contributed by atoms with Gasteiger partial charge in [0.2, 0.25) is 0 Å². The van der Waals surface area contributed by atoms with Crippen LogP contribution in [-0.2, 0) is 13.1 Å². The monoisotopic (exact) mass is 233 g/mol. The lowest BCUT2D eigenvalue weighted by molar-refractivity contribution is 0.669. The van der Waals surface area contributed by atoms with Crippen LogP contribution in [0.1, 0.15) is 22.0 Å². The van der Waals surface area contributed by atoms with Gasteiger partial charge in [0.15, 0.2) is 0 Å². The Morgan fingerprint density at radius 2 is 2.00 bits per heavy atom. The second-order valence-corrected chi connectivity index (χ2v) is 4.85. The van der Waals surface area contributed by atoms with Crippen LogP contribution in [-0.4, -0.2) is 9.97 Å². The summed E-state index contributed by atoms with van der Waals surface area (Å²) < 4.78 is 0. The fourth-order valence-electron chi connectivity index (χ4n) is 1.41. The Kier molecular flexibility index (Phi) is 3.64. The van der Waals surface area contributed by atoms with Crippen LogP contribution >= 0.6 is 11.3 Å². The highest BCUT2D eigenvalue weighted by atomic mass is 32.1. The highest BCUT2D eigenvalue weighted by Gasteiger charge is 1.98. The number of aryl methyl sites for hydroxylation is 2. The lowest BCUT2D eigenvalue weighted by Crippen LogP contribution is -2.13. The molecule has 0 bridgehead atoms. The van der Waals surface area contributed by atoms with Gasteiger partial charge in [-0.05, 0) is 25.5 Å². The zero-order valence-electron chi connectivity index (χ0n) is 9.53. The van der Waals surface area contributed by atoms with Crippen molar-refractivity contribution in [2.45, 2.75) is 26.9 Å². The van der Waals surface area contributed by atoms with E-state index in [9.17, 15) is 0 Å². The number of nitrogens with one attached hydrogen (secondary N) is 1. The molecule has 16 heavy (non-hydrogen) atoms. The van der Waals surface area contributed by atoms with Crippen molar-refractivity contribution >= 4 is 11.3 Å². The quantitative estimate of drug-likeness (QED) is 0.881. The molecular formula is C12H15N3S.